The number of rotatable bonds is 5. The number of carbonyl (C=O) groups excluding carboxylic acids is 1. The van der Waals surface area contributed by atoms with Gasteiger partial charge in [0.2, 0.25) is 0 Å². The number of thiazole rings is 1. The van der Waals surface area contributed by atoms with Gasteiger partial charge in [0.1, 0.15) is 0 Å². The molecule has 0 radical (unpaired) electrons. The van der Waals surface area contributed by atoms with E-state index in [1.54, 1.807) is 18.2 Å². The molecule has 0 aliphatic rings. The third-order valence-electron chi connectivity index (χ3n) is 3.15. The van der Waals surface area contributed by atoms with Crippen molar-refractivity contribution >= 4 is 50.0 Å². The Morgan fingerprint density at radius 3 is 2.60 bits per heavy atom. The van der Waals surface area contributed by atoms with E-state index in [9.17, 15) is 23.7 Å². The minimum atomic E-state index is -2.51. The SMILES string of the molecule is O=C(Nc1nc2ccc(SC(F)F)cc2s1)c1ccc([N+](=O)[O-])cc1. The molecule has 128 valence electrons. The Labute approximate surface area is 148 Å². The van der Waals surface area contributed by atoms with E-state index >= 15 is 0 Å². The lowest BCUT2D eigenvalue weighted by atomic mass is 10.2. The summed E-state index contributed by atoms with van der Waals surface area (Å²) in [7, 11) is 0. The average molecular weight is 381 g/mol. The van der Waals surface area contributed by atoms with E-state index in [4.69, 9.17) is 0 Å². The van der Waals surface area contributed by atoms with Crippen LogP contribution in [0.25, 0.3) is 10.2 Å². The number of nitrogens with zero attached hydrogens (tertiary/aromatic N) is 2. The van der Waals surface area contributed by atoms with E-state index in [0.717, 1.165) is 11.3 Å². The Balaban J connectivity index is 1.77. The highest BCUT2D eigenvalue weighted by molar-refractivity contribution is 7.99. The molecule has 3 rings (SSSR count). The van der Waals surface area contributed by atoms with Crippen LogP contribution in [0.2, 0.25) is 0 Å². The number of amides is 1. The molecule has 0 atom stereocenters. The second-order valence-corrected chi connectivity index (χ2v) is 6.88. The number of non-ortho nitro benzene ring substituents is 1. The van der Waals surface area contributed by atoms with Crippen molar-refractivity contribution in [3.8, 4) is 0 Å². The van der Waals surface area contributed by atoms with Crippen molar-refractivity contribution in [2.45, 2.75) is 10.7 Å². The lowest BCUT2D eigenvalue weighted by Crippen LogP contribution is -2.11. The molecule has 0 fully saturated rings. The first kappa shape index (κ1) is 17.2. The summed E-state index contributed by atoms with van der Waals surface area (Å²) in [4.78, 5) is 26.9. The average Bonchev–Trinajstić information content (AvgIpc) is 2.95. The van der Waals surface area contributed by atoms with Gasteiger partial charge in [-0.2, -0.15) is 8.78 Å². The summed E-state index contributed by atoms with van der Waals surface area (Å²) in [6.07, 6.45) is 0. The van der Waals surface area contributed by atoms with Gasteiger partial charge in [-0.05, 0) is 30.3 Å². The van der Waals surface area contributed by atoms with Crippen LogP contribution >= 0.6 is 23.1 Å². The zero-order valence-electron chi connectivity index (χ0n) is 12.3. The Morgan fingerprint density at radius 2 is 1.96 bits per heavy atom. The predicted octanol–water partition coefficient (Wildman–Crippen LogP) is 4.77. The standard InChI is InChI=1S/C15H9F2N3O3S2/c16-14(17)24-10-5-6-11-12(7-10)25-15(18-11)19-13(21)8-1-3-9(4-2-8)20(22)23/h1-7,14H,(H,18,19,21). The number of alkyl halides is 2. The first-order valence-electron chi connectivity index (χ1n) is 6.83. The van der Waals surface area contributed by atoms with Crippen molar-refractivity contribution in [2.24, 2.45) is 0 Å². The number of nitro benzene ring substituents is 1. The first-order valence-corrected chi connectivity index (χ1v) is 8.53. The van der Waals surface area contributed by atoms with Crippen LogP contribution in [-0.2, 0) is 0 Å². The lowest BCUT2D eigenvalue weighted by Gasteiger charge is -2.00. The molecule has 0 spiro atoms. The van der Waals surface area contributed by atoms with Crippen molar-refractivity contribution in [1.82, 2.24) is 4.98 Å². The highest BCUT2D eigenvalue weighted by Gasteiger charge is 2.13. The van der Waals surface area contributed by atoms with E-state index < -0.39 is 16.6 Å². The number of nitrogens with one attached hydrogen (secondary N) is 1. The van der Waals surface area contributed by atoms with Crippen LogP contribution < -0.4 is 5.32 Å². The molecule has 1 N–H and O–H groups in total. The first-order chi connectivity index (χ1) is 11.9. The van der Waals surface area contributed by atoms with E-state index in [1.165, 1.54) is 24.3 Å². The maximum Gasteiger partial charge on any atom is 0.288 e. The second kappa shape index (κ2) is 7.11. The quantitative estimate of drug-likeness (QED) is 0.391. The minimum Gasteiger partial charge on any atom is -0.298 e. The molecule has 1 aromatic heterocycles. The number of benzene rings is 2. The molecule has 2 aromatic carbocycles. The van der Waals surface area contributed by atoms with Crippen LogP contribution in [0.5, 0.6) is 0 Å². The number of halogens is 2. The van der Waals surface area contributed by atoms with Crippen LogP contribution in [0, 0.1) is 10.1 Å². The number of carbonyl (C=O) groups is 1. The maximum absolute atomic E-state index is 12.4. The highest BCUT2D eigenvalue weighted by atomic mass is 32.2. The summed E-state index contributed by atoms with van der Waals surface area (Å²) in [5.74, 6) is -2.97. The van der Waals surface area contributed by atoms with Gasteiger partial charge in [0, 0.05) is 22.6 Å². The molecule has 0 saturated carbocycles. The van der Waals surface area contributed by atoms with Crippen molar-refractivity contribution in [1.29, 1.82) is 0 Å². The molecule has 0 aliphatic carbocycles. The van der Waals surface area contributed by atoms with Crippen LogP contribution in [0.4, 0.5) is 19.6 Å². The number of hydrogen-bond acceptors (Lipinski definition) is 6. The van der Waals surface area contributed by atoms with Crippen LogP contribution in [0.1, 0.15) is 10.4 Å². The zero-order valence-corrected chi connectivity index (χ0v) is 13.9. The Hall–Kier alpha value is -2.59. The molecule has 0 unspecified atom stereocenters. The van der Waals surface area contributed by atoms with Gasteiger partial charge in [0.05, 0.1) is 15.1 Å². The molecule has 3 aromatic rings. The molecular formula is C15H9F2N3O3S2. The molecular weight excluding hydrogens is 372 g/mol. The van der Waals surface area contributed by atoms with Gasteiger partial charge in [-0.15, -0.1) is 0 Å². The molecule has 0 saturated heterocycles. The lowest BCUT2D eigenvalue weighted by molar-refractivity contribution is -0.384. The van der Waals surface area contributed by atoms with E-state index in [2.05, 4.69) is 10.3 Å². The van der Waals surface area contributed by atoms with Crippen LogP contribution in [-0.4, -0.2) is 21.6 Å². The summed E-state index contributed by atoms with van der Waals surface area (Å²) >= 11 is 1.60. The fraction of sp³-hybridized carbons (Fsp3) is 0.0667. The highest BCUT2D eigenvalue weighted by Crippen LogP contribution is 2.32. The third kappa shape index (κ3) is 4.09. The number of nitro groups is 1. The van der Waals surface area contributed by atoms with Gasteiger partial charge in [0.25, 0.3) is 17.4 Å². The van der Waals surface area contributed by atoms with Gasteiger partial charge >= 0.3 is 0 Å². The normalized spacial score (nSPS) is 11.0. The topological polar surface area (TPSA) is 85.1 Å². The number of aromatic nitrogens is 1. The number of fused-ring (bicyclic) bond motifs is 1. The zero-order chi connectivity index (χ0) is 18.0. The van der Waals surface area contributed by atoms with Crippen molar-refractivity contribution in [2.75, 3.05) is 5.32 Å². The molecule has 1 amide bonds. The smallest absolute Gasteiger partial charge is 0.288 e. The van der Waals surface area contributed by atoms with Gasteiger partial charge in [-0.3, -0.25) is 20.2 Å². The monoisotopic (exact) mass is 381 g/mol. The number of anilines is 1. The predicted molar refractivity (Wildman–Crippen MR) is 92.5 cm³/mol. The Bertz CT molecular complexity index is 945. The van der Waals surface area contributed by atoms with E-state index in [1.807, 2.05) is 0 Å². The molecule has 6 nitrogen and oxygen atoms in total. The Morgan fingerprint density at radius 1 is 1.24 bits per heavy atom. The van der Waals surface area contributed by atoms with E-state index in [0.29, 0.717) is 32.0 Å². The van der Waals surface area contributed by atoms with Gasteiger partial charge in [-0.1, -0.05) is 23.1 Å². The number of hydrogen-bond donors (Lipinski definition) is 1. The Kier molecular flexibility index (Phi) is 4.91. The van der Waals surface area contributed by atoms with E-state index in [-0.39, 0.29) is 11.3 Å². The largest absolute Gasteiger partial charge is 0.298 e. The van der Waals surface area contributed by atoms with Crippen molar-refractivity contribution in [3.05, 3.63) is 58.1 Å². The second-order valence-electron chi connectivity index (χ2n) is 4.79. The third-order valence-corrected chi connectivity index (χ3v) is 4.78. The van der Waals surface area contributed by atoms with Crippen LogP contribution in [0.15, 0.2) is 47.4 Å². The molecule has 10 heteroatoms. The summed E-state index contributed by atoms with van der Waals surface area (Å²) < 4.78 is 25.5. The molecule has 0 aliphatic heterocycles. The van der Waals surface area contributed by atoms with Crippen LogP contribution in [0.3, 0.4) is 0 Å². The fourth-order valence-electron chi connectivity index (χ4n) is 2.04. The molecule has 1 heterocycles. The summed E-state index contributed by atoms with van der Waals surface area (Å²) in [5.41, 5.74) is 0.724. The number of thioether (sulfide) groups is 1. The molecule has 25 heavy (non-hydrogen) atoms. The summed E-state index contributed by atoms with van der Waals surface area (Å²) in [6.45, 7) is 0. The fourth-order valence-corrected chi connectivity index (χ4v) is 3.55. The summed E-state index contributed by atoms with van der Waals surface area (Å²) in [5, 5.41) is 13.5. The van der Waals surface area contributed by atoms with Gasteiger partial charge in [0.15, 0.2) is 5.13 Å². The minimum absolute atomic E-state index is 0.111. The summed E-state index contributed by atoms with van der Waals surface area (Å²) in [6, 6.07) is 9.91. The maximum atomic E-state index is 12.4. The van der Waals surface area contributed by atoms with Crippen molar-refractivity contribution in [3.63, 3.8) is 0 Å². The molecule has 0 bridgehead atoms. The van der Waals surface area contributed by atoms with Crippen molar-refractivity contribution < 1.29 is 18.5 Å². The van der Waals surface area contributed by atoms with Gasteiger partial charge in [-0.25, -0.2) is 4.98 Å². The van der Waals surface area contributed by atoms with Gasteiger partial charge < -0.3 is 0 Å².